The summed E-state index contributed by atoms with van der Waals surface area (Å²) < 4.78 is 0. The molecule has 18 heteroatoms. The zero-order chi connectivity index (χ0) is 87.0. The zero-order valence-electron chi connectivity index (χ0n) is 72.4. The van der Waals surface area contributed by atoms with Crippen LogP contribution in [0.25, 0.3) is 12.2 Å². The quantitative estimate of drug-likeness (QED) is 0.0198. The monoisotopic (exact) mass is 1630 g/mol. The van der Waals surface area contributed by atoms with Gasteiger partial charge in [-0.05, 0) is 259 Å². The Morgan fingerprint density at radius 2 is 0.748 bits per heavy atom. The van der Waals surface area contributed by atoms with Gasteiger partial charge < -0.3 is 71.3 Å². The molecule has 3 aliphatic rings. The molecule has 119 heavy (non-hydrogen) atoms. The number of aromatic hydroxyl groups is 3. The first-order chi connectivity index (χ1) is 55.8. The number of nitrogens with one attached hydrogen (secondary N) is 2. The van der Waals surface area contributed by atoms with Gasteiger partial charge in [0.2, 0.25) is 0 Å². The maximum Gasteiger partial charge on any atom is 0.339 e. The Kier molecular flexibility index (Phi) is 28.2. The molecule has 3 unspecified atom stereocenters. The molecule has 0 radical (unpaired) electrons. The Labute approximate surface area is 708 Å². The maximum absolute atomic E-state index is 11.2. The average molecular weight is 1630 g/mol. The Bertz CT molecular complexity index is 5290. The van der Waals surface area contributed by atoms with E-state index in [-0.39, 0.29) is 66.4 Å². The highest BCUT2D eigenvalue weighted by molar-refractivity contribution is 7.98. The summed E-state index contributed by atoms with van der Waals surface area (Å²) in [4.78, 5) is 41.1. The number of carboxylic acids is 3. The molecule has 9 aromatic rings. The van der Waals surface area contributed by atoms with E-state index < -0.39 is 36.2 Å². The van der Waals surface area contributed by atoms with E-state index in [4.69, 9.17) is 15.3 Å². The number of phenols is 3. The number of thioether (sulfide) groups is 1. The van der Waals surface area contributed by atoms with E-state index in [1.807, 2.05) is 60.1 Å². The van der Waals surface area contributed by atoms with Crippen molar-refractivity contribution in [3.8, 4) is 29.1 Å². The minimum atomic E-state index is -1.21. The number of hydrogen-bond acceptors (Lipinski definition) is 15. The van der Waals surface area contributed by atoms with Crippen molar-refractivity contribution in [3.05, 3.63) is 276 Å². The van der Waals surface area contributed by atoms with Gasteiger partial charge in [0.1, 0.15) is 40.0 Å². The van der Waals surface area contributed by atoms with E-state index >= 15 is 0 Å². The summed E-state index contributed by atoms with van der Waals surface area (Å²) in [5, 5.41) is 98.5. The third-order valence-electron chi connectivity index (χ3n) is 24.0. The van der Waals surface area contributed by atoms with Crippen LogP contribution in [-0.2, 0) is 51.1 Å². The predicted molar refractivity (Wildman–Crippen MR) is 486 cm³/mol. The van der Waals surface area contributed by atoms with Crippen molar-refractivity contribution in [3.63, 3.8) is 0 Å². The Morgan fingerprint density at radius 1 is 0.412 bits per heavy atom. The van der Waals surface area contributed by atoms with Crippen molar-refractivity contribution >= 4 is 70.3 Å². The lowest BCUT2D eigenvalue weighted by Gasteiger charge is -2.43. The lowest BCUT2D eigenvalue weighted by atomic mass is 9.62. The number of carbonyl (C=O) groups is 3. The van der Waals surface area contributed by atoms with Gasteiger partial charge in [0.25, 0.3) is 0 Å². The third-order valence-corrected chi connectivity index (χ3v) is 25.1. The second-order valence-corrected chi connectivity index (χ2v) is 37.5. The van der Waals surface area contributed by atoms with Crippen LogP contribution in [-0.4, -0.2) is 119 Å². The highest BCUT2D eigenvalue weighted by atomic mass is 32.2. The molecular formula is C101H121N5O12S. The molecule has 3 atom stereocenters. The van der Waals surface area contributed by atoms with Gasteiger partial charge >= 0.3 is 17.9 Å². The van der Waals surface area contributed by atoms with Crippen LogP contribution in [0.2, 0.25) is 0 Å². The van der Waals surface area contributed by atoms with Crippen molar-refractivity contribution in [2.24, 2.45) is 0 Å². The Morgan fingerprint density at radius 3 is 1.13 bits per heavy atom. The van der Waals surface area contributed by atoms with Crippen molar-refractivity contribution in [1.82, 2.24) is 0 Å². The van der Waals surface area contributed by atoms with Crippen molar-refractivity contribution in [1.29, 1.82) is 0 Å². The zero-order valence-corrected chi connectivity index (χ0v) is 73.2. The van der Waals surface area contributed by atoms with Crippen molar-refractivity contribution in [2.45, 2.75) is 196 Å². The number of aliphatic hydroxyl groups is 3. The summed E-state index contributed by atoms with van der Waals surface area (Å²) in [5.41, 5.74) is 20.6. The number of aliphatic hydroxyl groups excluding tert-OH is 3. The summed E-state index contributed by atoms with van der Waals surface area (Å²) in [6, 6.07) is 51.3. The van der Waals surface area contributed by atoms with Crippen molar-refractivity contribution < 1.29 is 60.3 Å². The molecule has 628 valence electrons. The number of anilines is 5. The van der Waals surface area contributed by atoms with Crippen LogP contribution in [0, 0.1) is 11.8 Å². The highest BCUT2D eigenvalue weighted by Crippen LogP contribution is 2.54. The summed E-state index contributed by atoms with van der Waals surface area (Å²) in [6.45, 7) is 29.0. The standard InChI is InChI=1S/C34H42N2O4.C34H40N2O4.C33H39NO4S/c2*1-33(2)16-17-34(3,4)31-27(33)20-24(29(37)14-10-23-9-13-26(32(39)40)30(38)19-23)21-28(31)35-18-15-22-7-11-25(12-8-22)36(5)6;1-32(2)15-16-33(3,4)30-26(32)18-23(19-29(30)39-20-22-7-11-24(12-8-22)34(5)6)27(35)14-10-21-9-13-25(31(37)38)28(36)17-21/h7-14,19-21,29,35,37-38H,15-18H2,1-6H3,(H,39,40);7-9,11-13,19-21,29,35,37-38H,15-18H2,1-6H3,(H,39,40);7-14,17-19,27,35-36H,15-16,20H2,1-6H3,(H,37,38). The fraction of sp³-hybridized carbons (Fsp3) is 0.376. The van der Waals surface area contributed by atoms with Crippen LogP contribution in [0.1, 0.15) is 254 Å². The van der Waals surface area contributed by atoms with E-state index in [1.54, 1.807) is 36.4 Å². The highest BCUT2D eigenvalue weighted by Gasteiger charge is 2.43. The molecule has 17 nitrogen and oxygen atoms in total. The van der Waals surface area contributed by atoms with Gasteiger partial charge in [-0.1, -0.05) is 186 Å². The molecule has 3 aliphatic carbocycles. The lowest BCUT2D eigenvalue weighted by molar-refractivity contribution is 0.0682. The smallest absolute Gasteiger partial charge is 0.339 e. The van der Waals surface area contributed by atoms with Gasteiger partial charge in [-0.3, -0.25) is 0 Å². The molecule has 9 aromatic carbocycles. The largest absolute Gasteiger partial charge is 0.507 e. The number of carboxylic acid groups (broad SMARTS) is 3. The molecule has 0 aliphatic heterocycles. The number of nitrogens with zero attached hydrogens (tertiary/aromatic N) is 3. The molecule has 0 saturated heterocycles. The predicted octanol–water partition coefficient (Wildman–Crippen LogP) is 20.7. The second kappa shape index (κ2) is 37.1. The Balaban J connectivity index is 0.000000188. The van der Waals surface area contributed by atoms with E-state index in [0.29, 0.717) is 22.3 Å². The normalized spacial score (nSPS) is 16.2. The fourth-order valence-corrected chi connectivity index (χ4v) is 17.5. The number of aromatic carboxylic acids is 3. The van der Waals surface area contributed by atoms with E-state index in [9.17, 15) is 45.0 Å². The number of hydrogen-bond donors (Lipinski definition) is 11. The van der Waals surface area contributed by atoms with E-state index in [0.717, 1.165) is 92.7 Å². The maximum atomic E-state index is 11.2. The first-order valence-corrected chi connectivity index (χ1v) is 41.9. The number of rotatable bonds is 24. The number of benzene rings is 9. The number of fused-ring (bicyclic) bond motifs is 3. The fourth-order valence-electron chi connectivity index (χ4n) is 16.2. The molecule has 0 bridgehead atoms. The van der Waals surface area contributed by atoms with E-state index in [2.05, 4.69) is 223 Å². The average Bonchev–Trinajstić information content (AvgIpc) is 0.749. The molecule has 0 saturated carbocycles. The minimum Gasteiger partial charge on any atom is -0.507 e. The van der Waals surface area contributed by atoms with E-state index in [1.165, 1.54) is 114 Å². The lowest BCUT2D eigenvalue weighted by Crippen LogP contribution is -2.35. The van der Waals surface area contributed by atoms with Gasteiger partial charge in [0.05, 0.1) is 12.2 Å². The van der Waals surface area contributed by atoms with Crippen LogP contribution in [0.3, 0.4) is 0 Å². The molecule has 0 spiro atoms. The molecule has 11 N–H and O–H groups in total. The summed E-state index contributed by atoms with van der Waals surface area (Å²) >= 11 is 1.82. The van der Waals surface area contributed by atoms with Crippen molar-refractivity contribution in [2.75, 3.05) is 80.7 Å². The molecule has 0 heterocycles. The SMILES string of the molecule is CN(C)c1ccc(CCNc2cc(C(O)C#Cc3ccc(C(=O)O)c(O)c3)cc3c2C(C)(C)CCC3(C)C)cc1.CN(C)c1ccc(CCNc2cc(C(O)C=Cc3ccc(C(=O)O)c(O)c3)cc3c2C(C)(C)CCC3(C)C)cc1.CN(C)c1ccc(CSc2cc(C(O)C=Cc3ccc(C(=O)O)c(O)c3)cc3c2C(C)(C)CCC3(C)C)cc1. The Hall–Kier alpha value is -10.9. The topological polar surface area (TPSA) is 267 Å². The van der Waals surface area contributed by atoms with Gasteiger partial charge in [0, 0.05) is 100 Å². The molecule has 12 rings (SSSR count). The molecule has 0 aromatic heterocycles. The second-order valence-electron chi connectivity index (χ2n) is 36.5. The first-order valence-electron chi connectivity index (χ1n) is 40.9. The molecule has 0 fully saturated rings. The molecular weight excluding hydrogens is 1510 g/mol. The van der Waals surface area contributed by atoms with Crippen LogP contribution in [0.5, 0.6) is 17.2 Å². The van der Waals surface area contributed by atoms with Crippen LogP contribution < -0.4 is 25.3 Å². The van der Waals surface area contributed by atoms with Crippen LogP contribution >= 0.6 is 11.8 Å². The van der Waals surface area contributed by atoms with Gasteiger partial charge in [-0.15, -0.1) is 11.8 Å². The molecule has 0 amide bonds. The van der Waals surface area contributed by atoms with Gasteiger partial charge in [-0.25, -0.2) is 14.4 Å². The first kappa shape index (κ1) is 90.4. The summed E-state index contributed by atoms with van der Waals surface area (Å²) in [5.74, 6) is 2.09. The summed E-state index contributed by atoms with van der Waals surface area (Å²) in [6.07, 6.45) is 12.2. The third kappa shape index (κ3) is 22.1. The van der Waals surface area contributed by atoms with Crippen LogP contribution in [0.4, 0.5) is 28.4 Å². The summed E-state index contributed by atoms with van der Waals surface area (Å²) in [7, 11) is 12.2. The minimum absolute atomic E-state index is 0.00325. The van der Waals surface area contributed by atoms with Crippen LogP contribution in [0.15, 0.2) is 181 Å². The van der Waals surface area contributed by atoms with Gasteiger partial charge in [0.15, 0.2) is 0 Å². The van der Waals surface area contributed by atoms with Gasteiger partial charge in [-0.2, -0.15) is 0 Å².